The lowest BCUT2D eigenvalue weighted by Gasteiger charge is -2.21. The molecule has 1 aromatic carbocycles. The molecule has 1 aliphatic heterocycles. The summed E-state index contributed by atoms with van der Waals surface area (Å²) in [6, 6.07) is 10.8. The molecule has 1 aromatic rings. The van der Waals surface area contributed by atoms with E-state index in [1.807, 2.05) is 0 Å². The lowest BCUT2D eigenvalue weighted by atomic mass is 9.99. The molecule has 2 aliphatic rings. The van der Waals surface area contributed by atoms with Crippen LogP contribution in [0.1, 0.15) is 37.7 Å². The van der Waals surface area contributed by atoms with Gasteiger partial charge in [0, 0.05) is 32.2 Å². The van der Waals surface area contributed by atoms with E-state index in [0.717, 1.165) is 51.3 Å². The van der Waals surface area contributed by atoms with E-state index >= 15 is 0 Å². The third-order valence-corrected chi connectivity index (χ3v) is 4.64. The summed E-state index contributed by atoms with van der Waals surface area (Å²) in [4.78, 5) is 7.14. The van der Waals surface area contributed by atoms with Crippen molar-refractivity contribution >= 4 is 29.9 Å². The maximum atomic E-state index is 5.69. The van der Waals surface area contributed by atoms with Crippen molar-refractivity contribution in [3.63, 3.8) is 0 Å². The minimum Gasteiger partial charge on any atom is -0.379 e. The van der Waals surface area contributed by atoms with Crippen LogP contribution in [0.2, 0.25) is 0 Å². The van der Waals surface area contributed by atoms with Crippen molar-refractivity contribution in [2.75, 3.05) is 39.4 Å². The molecule has 4 nitrogen and oxygen atoms in total. The van der Waals surface area contributed by atoms with Crippen LogP contribution >= 0.6 is 24.0 Å². The Bertz CT molecular complexity index is 505. The molecule has 1 unspecified atom stereocenters. The van der Waals surface area contributed by atoms with Gasteiger partial charge in [-0.15, -0.1) is 24.0 Å². The number of hydrogen-bond donors (Lipinski definition) is 1. The number of nitrogens with one attached hydrogen (secondary N) is 1. The van der Waals surface area contributed by atoms with Gasteiger partial charge in [0.25, 0.3) is 0 Å². The average Bonchev–Trinajstić information content (AvgIpc) is 3.28. The Morgan fingerprint density at radius 2 is 2.04 bits per heavy atom. The van der Waals surface area contributed by atoms with Crippen molar-refractivity contribution in [2.45, 2.75) is 32.1 Å². The zero-order chi connectivity index (χ0) is 15.9. The molecule has 1 saturated carbocycles. The van der Waals surface area contributed by atoms with E-state index < -0.39 is 0 Å². The van der Waals surface area contributed by atoms with Gasteiger partial charge >= 0.3 is 0 Å². The summed E-state index contributed by atoms with van der Waals surface area (Å²) >= 11 is 0. The minimum absolute atomic E-state index is 0. The van der Waals surface area contributed by atoms with Gasteiger partial charge in [-0.1, -0.05) is 30.3 Å². The molecule has 1 heterocycles. The van der Waals surface area contributed by atoms with Crippen molar-refractivity contribution in [1.82, 2.24) is 10.2 Å². The zero-order valence-corrected chi connectivity index (χ0v) is 16.9. The number of ether oxygens (including phenoxy) is 1. The molecule has 0 amide bonds. The van der Waals surface area contributed by atoms with Crippen molar-refractivity contribution in [3.05, 3.63) is 35.9 Å². The second kappa shape index (κ2) is 10.2. The lowest BCUT2D eigenvalue weighted by Crippen LogP contribution is -2.40. The summed E-state index contributed by atoms with van der Waals surface area (Å²) in [5.41, 5.74) is 1.44. The van der Waals surface area contributed by atoms with E-state index in [2.05, 4.69) is 47.5 Å². The largest absolute Gasteiger partial charge is 0.379 e. The number of halogens is 1. The molecule has 1 atom stereocenters. The van der Waals surface area contributed by atoms with E-state index in [4.69, 9.17) is 9.73 Å². The molecule has 5 heteroatoms. The van der Waals surface area contributed by atoms with E-state index in [1.165, 1.54) is 24.8 Å². The Hall–Kier alpha value is -0.820. The molecular weight excluding hydrogens is 413 g/mol. The maximum absolute atomic E-state index is 5.69. The van der Waals surface area contributed by atoms with Gasteiger partial charge in [0.05, 0.1) is 13.2 Å². The van der Waals surface area contributed by atoms with Gasteiger partial charge in [-0.3, -0.25) is 4.99 Å². The summed E-state index contributed by atoms with van der Waals surface area (Å²) in [7, 11) is 0. The van der Waals surface area contributed by atoms with E-state index in [0.29, 0.717) is 5.92 Å². The number of hydrogen-bond acceptors (Lipinski definition) is 2. The topological polar surface area (TPSA) is 36.9 Å². The second-order valence-electron chi connectivity index (χ2n) is 6.60. The average molecular weight is 443 g/mol. The molecule has 2 fully saturated rings. The Labute approximate surface area is 163 Å². The third kappa shape index (κ3) is 5.92. The number of rotatable bonds is 7. The fraction of sp³-hybridized carbons (Fsp3) is 0.632. The molecule has 134 valence electrons. The highest BCUT2D eigenvalue weighted by Gasteiger charge is 2.25. The first-order chi connectivity index (χ1) is 11.4. The van der Waals surface area contributed by atoms with Crippen LogP contribution in [0.5, 0.6) is 0 Å². The first-order valence-corrected chi connectivity index (χ1v) is 9.02. The smallest absolute Gasteiger partial charge is 0.194 e. The molecule has 0 radical (unpaired) electrons. The van der Waals surface area contributed by atoms with Crippen LogP contribution < -0.4 is 5.32 Å². The van der Waals surface area contributed by atoms with Crippen LogP contribution in [0.4, 0.5) is 0 Å². The Morgan fingerprint density at radius 3 is 2.75 bits per heavy atom. The highest BCUT2D eigenvalue weighted by Crippen LogP contribution is 2.28. The Balaban J connectivity index is 0.00000208. The molecule has 1 N–H and O–H groups in total. The second-order valence-corrected chi connectivity index (χ2v) is 6.60. The lowest BCUT2D eigenvalue weighted by molar-refractivity contribution is 0.131. The Kier molecular flexibility index (Phi) is 8.32. The van der Waals surface area contributed by atoms with Crippen molar-refractivity contribution < 1.29 is 4.74 Å². The normalized spacial score (nSPS) is 20.8. The molecule has 24 heavy (non-hydrogen) atoms. The summed E-state index contributed by atoms with van der Waals surface area (Å²) in [6.07, 6.45) is 3.90. The van der Waals surface area contributed by atoms with Gasteiger partial charge in [0.2, 0.25) is 0 Å². The van der Waals surface area contributed by atoms with Crippen molar-refractivity contribution in [3.8, 4) is 0 Å². The summed E-state index contributed by atoms with van der Waals surface area (Å²) in [6.45, 7) is 7.58. The predicted molar refractivity (Wildman–Crippen MR) is 110 cm³/mol. The third-order valence-electron chi connectivity index (χ3n) is 4.64. The molecule has 0 bridgehead atoms. The van der Waals surface area contributed by atoms with Crippen molar-refractivity contribution in [2.24, 2.45) is 10.9 Å². The van der Waals surface area contributed by atoms with Gasteiger partial charge in [-0.05, 0) is 37.7 Å². The van der Waals surface area contributed by atoms with Crippen LogP contribution in [-0.4, -0.2) is 50.3 Å². The SMILES string of the molecule is CCNC(=NCCOCC1CC1)N1CCC(c2ccccc2)C1.I. The van der Waals surface area contributed by atoms with E-state index in [1.54, 1.807) is 0 Å². The Morgan fingerprint density at radius 1 is 1.25 bits per heavy atom. The zero-order valence-electron chi connectivity index (χ0n) is 14.6. The van der Waals surface area contributed by atoms with Crippen LogP contribution in [0.15, 0.2) is 35.3 Å². The fourth-order valence-electron chi connectivity index (χ4n) is 3.13. The molecule has 1 aliphatic carbocycles. The summed E-state index contributed by atoms with van der Waals surface area (Å²) in [5.74, 6) is 2.49. The van der Waals surface area contributed by atoms with Gasteiger partial charge < -0.3 is 15.0 Å². The van der Waals surface area contributed by atoms with E-state index in [9.17, 15) is 0 Å². The number of guanidine groups is 1. The molecular formula is C19H30IN3O. The quantitative estimate of drug-likeness (QED) is 0.304. The first-order valence-electron chi connectivity index (χ1n) is 9.02. The first kappa shape index (κ1) is 19.5. The van der Waals surface area contributed by atoms with Gasteiger partial charge in [0.15, 0.2) is 5.96 Å². The minimum atomic E-state index is 0. The van der Waals surface area contributed by atoms with Gasteiger partial charge in [-0.2, -0.15) is 0 Å². The van der Waals surface area contributed by atoms with Crippen LogP contribution in [-0.2, 0) is 4.74 Å². The van der Waals surface area contributed by atoms with Crippen LogP contribution in [0, 0.1) is 5.92 Å². The van der Waals surface area contributed by atoms with Crippen molar-refractivity contribution in [1.29, 1.82) is 0 Å². The van der Waals surface area contributed by atoms with E-state index in [-0.39, 0.29) is 24.0 Å². The summed E-state index contributed by atoms with van der Waals surface area (Å²) < 4.78 is 5.69. The number of benzene rings is 1. The highest BCUT2D eigenvalue weighted by molar-refractivity contribution is 14.0. The number of likely N-dealkylation sites (tertiary alicyclic amines) is 1. The monoisotopic (exact) mass is 443 g/mol. The number of nitrogens with zero attached hydrogens (tertiary/aromatic N) is 2. The van der Waals surface area contributed by atoms with Crippen LogP contribution in [0.25, 0.3) is 0 Å². The molecule has 0 aromatic heterocycles. The predicted octanol–water partition coefficient (Wildman–Crippen LogP) is 3.49. The molecule has 0 spiro atoms. The standard InChI is InChI=1S/C19H29N3O.HI/c1-2-20-19(21-11-13-23-15-16-8-9-16)22-12-10-18(14-22)17-6-4-3-5-7-17;/h3-7,16,18H,2,8-15H2,1H3,(H,20,21);1H. The molecule has 3 rings (SSSR count). The fourth-order valence-corrected chi connectivity index (χ4v) is 3.13. The molecule has 1 saturated heterocycles. The number of aliphatic imine (C=N–C) groups is 1. The van der Waals surface area contributed by atoms with Crippen LogP contribution in [0.3, 0.4) is 0 Å². The van der Waals surface area contributed by atoms with Gasteiger partial charge in [0.1, 0.15) is 0 Å². The summed E-state index contributed by atoms with van der Waals surface area (Å²) in [5, 5.41) is 3.43. The highest BCUT2D eigenvalue weighted by atomic mass is 127. The van der Waals surface area contributed by atoms with Gasteiger partial charge in [-0.25, -0.2) is 0 Å². The maximum Gasteiger partial charge on any atom is 0.194 e.